The molecule has 10 heteroatoms. The molecule has 0 radical (unpaired) electrons. The van der Waals surface area contributed by atoms with Crippen LogP contribution in [0.2, 0.25) is 0 Å². The van der Waals surface area contributed by atoms with Crippen LogP contribution in [0.4, 0.5) is 10.6 Å². The van der Waals surface area contributed by atoms with Gasteiger partial charge in [0.15, 0.2) is 5.82 Å². The second kappa shape index (κ2) is 10.7. The molecule has 1 saturated heterocycles. The number of nitrogens with zero attached hydrogens (tertiary/aromatic N) is 5. The van der Waals surface area contributed by atoms with E-state index in [1.807, 2.05) is 29.9 Å². The highest BCUT2D eigenvalue weighted by Crippen LogP contribution is 2.42. The Hall–Kier alpha value is -2.72. The highest BCUT2D eigenvalue weighted by atomic mass is 16.6. The van der Waals surface area contributed by atoms with Gasteiger partial charge in [-0.25, -0.2) is 9.79 Å². The average molecular weight is 444 g/mol. The second-order valence-corrected chi connectivity index (χ2v) is 8.44. The second-order valence-electron chi connectivity index (χ2n) is 8.44. The van der Waals surface area contributed by atoms with Gasteiger partial charge in [0.25, 0.3) is 0 Å². The van der Waals surface area contributed by atoms with Crippen molar-refractivity contribution < 1.29 is 14.3 Å². The predicted octanol–water partition coefficient (Wildman–Crippen LogP) is 2.22. The molecule has 1 aliphatic carbocycles. The fraction of sp³-hybridized carbons (Fsp3) is 0.636. The number of alkyl carbamates (subject to hydrolysis) is 1. The lowest BCUT2D eigenvalue weighted by atomic mass is 9.93. The van der Waals surface area contributed by atoms with E-state index in [-0.39, 0.29) is 18.1 Å². The van der Waals surface area contributed by atoms with Gasteiger partial charge in [-0.05, 0) is 30.9 Å². The normalized spacial score (nSPS) is 24.2. The summed E-state index contributed by atoms with van der Waals surface area (Å²) in [5.74, 6) is 3.00. The Morgan fingerprint density at radius 1 is 1.38 bits per heavy atom. The zero-order valence-electron chi connectivity index (χ0n) is 18.9. The third kappa shape index (κ3) is 5.55. The van der Waals surface area contributed by atoms with Crippen molar-refractivity contribution in [2.45, 2.75) is 38.2 Å². The molecule has 4 rings (SSSR count). The number of H-pyrrole nitrogens is 1. The highest BCUT2D eigenvalue weighted by molar-refractivity contribution is 5.77. The number of rotatable bonds is 8. The first-order chi connectivity index (χ1) is 15.6. The fourth-order valence-electron chi connectivity index (χ4n) is 4.59. The van der Waals surface area contributed by atoms with Gasteiger partial charge in [0.05, 0.1) is 19.4 Å². The largest absolute Gasteiger partial charge is 0.446 e. The number of ether oxygens (including phenoxy) is 2. The number of aromatic nitrogens is 4. The average Bonchev–Trinajstić information content (AvgIpc) is 3.53. The SMILES string of the molecule is CC[C@@H]1C[C@H](OC(=O)NCCN2CCOCC2)C[C@@H]1c1nnc(/C=N\c2ccc[nH]2)n1C. The van der Waals surface area contributed by atoms with Crippen molar-refractivity contribution in [2.75, 3.05) is 39.4 Å². The molecule has 1 aliphatic heterocycles. The Morgan fingerprint density at radius 3 is 2.97 bits per heavy atom. The minimum Gasteiger partial charge on any atom is -0.446 e. The summed E-state index contributed by atoms with van der Waals surface area (Å²) in [6.45, 7) is 6.91. The molecule has 3 heterocycles. The fourth-order valence-corrected chi connectivity index (χ4v) is 4.59. The van der Waals surface area contributed by atoms with Gasteiger partial charge in [-0.15, -0.1) is 10.2 Å². The van der Waals surface area contributed by atoms with E-state index in [0.29, 0.717) is 18.3 Å². The van der Waals surface area contributed by atoms with Crippen molar-refractivity contribution in [2.24, 2.45) is 18.0 Å². The summed E-state index contributed by atoms with van der Waals surface area (Å²) >= 11 is 0. The maximum atomic E-state index is 12.3. The van der Waals surface area contributed by atoms with Crippen LogP contribution in [-0.4, -0.2) is 82.5 Å². The molecule has 174 valence electrons. The minimum absolute atomic E-state index is 0.110. The molecule has 0 aromatic carbocycles. The van der Waals surface area contributed by atoms with Crippen LogP contribution in [0.1, 0.15) is 43.8 Å². The number of morpholine rings is 1. The Labute approximate surface area is 188 Å². The lowest BCUT2D eigenvalue weighted by Crippen LogP contribution is -2.41. The number of carbonyl (C=O) groups excluding carboxylic acids is 1. The van der Waals surface area contributed by atoms with Gasteiger partial charge < -0.3 is 24.3 Å². The summed E-state index contributed by atoms with van der Waals surface area (Å²) in [6, 6.07) is 3.80. The monoisotopic (exact) mass is 443 g/mol. The van der Waals surface area contributed by atoms with Crippen LogP contribution in [0.5, 0.6) is 0 Å². The molecular formula is C22H33N7O3. The summed E-state index contributed by atoms with van der Waals surface area (Å²) in [5, 5.41) is 11.7. The van der Waals surface area contributed by atoms with Crippen LogP contribution in [0.3, 0.4) is 0 Å². The highest BCUT2D eigenvalue weighted by Gasteiger charge is 2.39. The lowest BCUT2D eigenvalue weighted by Gasteiger charge is -2.26. The van der Waals surface area contributed by atoms with Gasteiger partial charge in [-0.1, -0.05) is 13.3 Å². The molecule has 0 bridgehead atoms. The topological polar surface area (TPSA) is 110 Å². The van der Waals surface area contributed by atoms with Crippen LogP contribution in [0.15, 0.2) is 23.3 Å². The number of hydrogen-bond donors (Lipinski definition) is 2. The minimum atomic E-state index is -0.338. The molecule has 32 heavy (non-hydrogen) atoms. The van der Waals surface area contributed by atoms with Crippen molar-refractivity contribution in [1.29, 1.82) is 0 Å². The Bertz CT molecular complexity index is 889. The maximum Gasteiger partial charge on any atom is 0.407 e. The summed E-state index contributed by atoms with van der Waals surface area (Å²) in [7, 11) is 1.96. The van der Waals surface area contributed by atoms with E-state index in [1.54, 1.807) is 6.21 Å². The first-order valence-electron chi connectivity index (χ1n) is 11.5. The van der Waals surface area contributed by atoms with Gasteiger partial charge in [-0.2, -0.15) is 0 Å². The molecule has 2 aromatic rings. The van der Waals surface area contributed by atoms with E-state index in [4.69, 9.17) is 9.47 Å². The summed E-state index contributed by atoms with van der Waals surface area (Å²) in [6.07, 6.45) is 5.71. The van der Waals surface area contributed by atoms with Crippen molar-refractivity contribution >= 4 is 18.1 Å². The number of aliphatic imine (C=N–C) groups is 1. The molecule has 2 aromatic heterocycles. The third-order valence-corrected chi connectivity index (χ3v) is 6.43. The third-order valence-electron chi connectivity index (χ3n) is 6.43. The first-order valence-corrected chi connectivity index (χ1v) is 11.5. The van der Waals surface area contributed by atoms with E-state index in [0.717, 1.165) is 63.8 Å². The van der Waals surface area contributed by atoms with Gasteiger partial charge in [0.1, 0.15) is 17.7 Å². The molecular weight excluding hydrogens is 410 g/mol. The molecule has 0 spiro atoms. The van der Waals surface area contributed by atoms with Crippen LogP contribution < -0.4 is 5.32 Å². The van der Waals surface area contributed by atoms with Crippen molar-refractivity contribution in [3.05, 3.63) is 30.0 Å². The van der Waals surface area contributed by atoms with E-state index in [2.05, 4.69) is 37.3 Å². The standard InChI is InChI=1S/C22H33N7O3/c1-3-16-13-17(32-22(30)24-7-8-29-9-11-31-12-10-29)14-18(16)21-27-26-20(28(21)2)15-25-19-5-4-6-23-19/h4-6,15-18,23H,3,7-14H2,1-2H3,(H,24,30)/b25-15-/t16-,17+,18+/m1/s1. The maximum absolute atomic E-state index is 12.3. The smallest absolute Gasteiger partial charge is 0.407 e. The molecule has 2 N–H and O–H groups in total. The molecule has 2 aliphatic rings. The van der Waals surface area contributed by atoms with Gasteiger partial charge in [0.2, 0.25) is 0 Å². The molecule has 2 fully saturated rings. The van der Waals surface area contributed by atoms with E-state index in [1.165, 1.54) is 0 Å². The quantitative estimate of drug-likeness (QED) is 0.606. The molecule has 3 atom stereocenters. The van der Waals surface area contributed by atoms with Gasteiger partial charge >= 0.3 is 6.09 Å². The van der Waals surface area contributed by atoms with Crippen molar-refractivity contribution in [1.82, 2.24) is 30.0 Å². The molecule has 0 unspecified atom stereocenters. The number of carbonyl (C=O) groups is 1. The van der Waals surface area contributed by atoms with E-state index in [9.17, 15) is 4.79 Å². The summed E-state index contributed by atoms with van der Waals surface area (Å²) in [4.78, 5) is 22.0. The first kappa shape index (κ1) is 22.5. The molecule has 10 nitrogen and oxygen atoms in total. The number of aromatic amines is 1. The van der Waals surface area contributed by atoms with Crippen LogP contribution in [-0.2, 0) is 16.5 Å². The Kier molecular flexibility index (Phi) is 7.54. The predicted molar refractivity (Wildman–Crippen MR) is 120 cm³/mol. The van der Waals surface area contributed by atoms with Crippen LogP contribution in [0.25, 0.3) is 0 Å². The van der Waals surface area contributed by atoms with Crippen molar-refractivity contribution in [3.63, 3.8) is 0 Å². The summed E-state index contributed by atoms with van der Waals surface area (Å²) < 4.78 is 13.1. The number of hydrogen-bond acceptors (Lipinski definition) is 7. The lowest BCUT2D eigenvalue weighted by molar-refractivity contribution is 0.0378. The van der Waals surface area contributed by atoms with Gasteiger partial charge in [0, 0.05) is 45.3 Å². The van der Waals surface area contributed by atoms with Crippen LogP contribution >= 0.6 is 0 Å². The Morgan fingerprint density at radius 2 is 2.22 bits per heavy atom. The van der Waals surface area contributed by atoms with E-state index >= 15 is 0 Å². The summed E-state index contributed by atoms with van der Waals surface area (Å²) in [5.41, 5.74) is 0. The molecule has 1 amide bonds. The Balaban J connectivity index is 1.30. The van der Waals surface area contributed by atoms with Crippen LogP contribution in [0, 0.1) is 5.92 Å². The number of amides is 1. The zero-order valence-corrected chi connectivity index (χ0v) is 18.9. The van der Waals surface area contributed by atoms with E-state index < -0.39 is 0 Å². The zero-order chi connectivity index (χ0) is 22.3. The number of nitrogens with one attached hydrogen (secondary N) is 2. The van der Waals surface area contributed by atoms with Crippen molar-refractivity contribution in [3.8, 4) is 0 Å². The molecule has 1 saturated carbocycles. The van der Waals surface area contributed by atoms with Gasteiger partial charge in [-0.3, -0.25) is 4.90 Å².